The van der Waals surface area contributed by atoms with Crippen molar-refractivity contribution in [3.63, 3.8) is 0 Å². The fourth-order valence-electron chi connectivity index (χ4n) is 19.5. The Balaban J connectivity index is 0.000000104. The van der Waals surface area contributed by atoms with Gasteiger partial charge >= 0.3 is 0 Å². The number of rotatable bonds is 0. The third kappa shape index (κ3) is 20.7. The Morgan fingerprint density at radius 1 is 0.123 bits per heavy atom. The van der Waals surface area contributed by atoms with Gasteiger partial charge in [0.2, 0.25) is 0 Å². The number of hydrogen-bond donors (Lipinski definition) is 0. The van der Waals surface area contributed by atoms with Crippen LogP contribution in [0.2, 0.25) is 0 Å². The summed E-state index contributed by atoms with van der Waals surface area (Å²) in [4.78, 5) is 0. The van der Waals surface area contributed by atoms with Crippen LogP contribution in [0, 0.1) is 125 Å². The van der Waals surface area contributed by atoms with E-state index in [0.717, 1.165) is 11.2 Å². The van der Waals surface area contributed by atoms with E-state index in [1.165, 1.54) is 271 Å². The summed E-state index contributed by atoms with van der Waals surface area (Å²) >= 11 is 1.88. The van der Waals surface area contributed by atoms with Gasteiger partial charge in [-0.25, -0.2) is 0 Å². The lowest BCUT2D eigenvalue weighted by Crippen LogP contribution is -1.85. The quantitative estimate of drug-likeness (QED) is 0.138. The molecule has 2 heteroatoms. The Morgan fingerprint density at radius 2 is 0.326 bits per heavy atom. The van der Waals surface area contributed by atoms with Crippen molar-refractivity contribution < 1.29 is 4.42 Å². The summed E-state index contributed by atoms with van der Waals surface area (Å²) in [6, 6.07) is 145. The zero-order valence-corrected chi connectivity index (χ0v) is 83.7. The molecule has 0 unspecified atom stereocenters. The van der Waals surface area contributed by atoms with Crippen LogP contribution in [0.25, 0.3) is 182 Å². The van der Waals surface area contributed by atoms with Crippen molar-refractivity contribution in [3.05, 3.63) is 501 Å². The summed E-state index contributed by atoms with van der Waals surface area (Å²) < 4.78 is 8.54. The molecule has 2 aromatic heterocycles. The van der Waals surface area contributed by atoms with E-state index < -0.39 is 0 Å². The largest absolute Gasteiger partial charge is 0.456 e. The average molecular weight is 1800 g/mol. The van der Waals surface area contributed by atoms with E-state index in [9.17, 15) is 0 Å². The lowest BCUT2D eigenvalue weighted by Gasteiger charge is -2.11. The maximum absolute atomic E-state index is 5.76. The van der Waals surface area contributed by atoms with Gasteiger partial charge in [-0.2, -0.15) is 0 Å². The monoisotopic (exact) mass is 1800 g/mol. The molecule has 0 saturated carbocycles. The molecule has 0 aliphatic heterocycles. The molecular weight excluding hydrogens is 1680 g/mol. The Bertz CT molecular complexity index is 8460. The molecule has 0 bridgehead atoms. The van der Waals surface area contributed by atoms with Crippen molar-refractivity contribution >= 4 is 193 Å². The van der Waals surface area contributed by atoms with Gasteiger partial charge in [0.1, 0.15) is 11.2 Å². The number of thiophene rings is 1. The van der Waals surface area contributed by atoms with Crippen LogP contribution in [0.1, 0.15) is 100 Å². The highest BCUT2D eigenvalue weighted by molar-refractivity contribution is 7.25. The molecule has 138 heavy (non-hydrogen) atoms. The van der Waals surface area contributed by atoms with E-state index in [1.807, 2.05) is 23.5 Å². The van der Waals surface area contributed by atoms with E-state index in [0.29, 0.717) is 0 Å². The summed E-state index contributed by atoms with van der Waals surface area (Å²) in [5, 5.41) is 40.3. The molecule has 2 heterocycles. The lowest BCUT2D eigenvalue weighted by atomic mass is 9.92. The number of aryl methyl sites for hydroxylation is 18. The molecule has 0 N–H and O–H groups in total. The summed E-state index contributed by atoms with van der Waals surface area (Å²) in [5.74, 6) is 0. The third-order valence-corrected chi connectivity index (χ3v) is 28.0. The van der Waals surface area contributed by atoms with Crippen molar-refractivity contribution in [3.8, 4) is 0 Å². The first-order valence-corrected chi connectivity index (χ1v) is 49.2. The Hall–Kier alpha value is -15.3. The van der Waals surface area contributed by atoms with Crippen LogP contribution in [0.5, 0.6) is 0 Å². The predicted molar refractivity (Wildman–Crippen MR) is 611 cm³/mol. The number of benzene rings is 24. The fourth-order valence-corrected chi connectivity index (χ4v) is 20.6. The van der Waals surface area contributed by atoms with Crippen molar-refractivity contribution in [2.24, 2.45) is 0 Å². The van der Waals surface area contributed by atoms with Crippen LogP contribution in [-0.2, 0) is 0 Å². The summed E-state index contributed by atoms with van der Waals surface area (Å²) in [7, 11) is 0. The fraction of sp³-hybridized carbons (Fsp3) is 0.132. The van der Waals surface area contributed by atoms with Gasteiger partial charge < -0.3 is 4.42 Å². The molecule has 0 amide bonds. The Morgan fingerprint density at radius 3 is 0.659 bits per heavy atom. The van der Waals surface area contributed by atoms with Gasteiger partial charge in [0.25, 0.3) is 0 Å². The SMILES string of the molecule is Cc1ccc(C)c2ccccc12.Cc1ccc2c(ccc3cc(C)ccc32)c1.Cc1ccc2c3ccc(C)cc3c3ccccc3c2c1.Cc1ccc2c3ccccc3c3ccc(C)cc3c2c1.Cc1ccc2cc(C)ccc2c1.Cc1ccc2ccc(C)cc2c1.Cc1ccc2ccc3ccc(C)cc3c2c1.Cc1ccc2oc3ccc(C)cc3c2c1.Cc1ccc2sc3ccc(C)cc3c2c1. The van der Waals surface area contributed by atoms with Crippen LogP contribution in [0.15, 0.2) is 405 Å². The molecule has 26 aromatic rings. The highest BCUT2D eigenvalue weighted by Crippen LogP contribution is 2.41. The molecule has 676 valence electrons. The average Bonchev–Trinajstić information content (AvgIpc) is 1.16. The maximum Gasteiger partial charge on any atom is 0.135 e. The molecule has 0 saturated heterocycles. The first kappa shape index (κ1) is 93.1. The molecular formula is C136H120OS. The van der Waals surface area contributed by atoms with E-state index >= 15 is 0 Å². The number of fused-ring (bicyclic) bond motifs is 27. The highest BCUT2D eigenvalue weighted by atomic mass is 32.1. The van der Waals surface area contributed by atoms with Gasteiger partial charge in [-0.05, 0) is 324 Å². The maximum atomic E-state index is 5.76. The van der Waals surface area contributed by atoms with Crippen molar-refractivity contribution in [1.29, 1.82) is 0 Å². The van der Waals surface area contributed by atoms with Gasteiger partial charge in [-0.1, -0.05) is 441 Å². The van der Waals surface area contributed by atoms with Crippen molar-refractivity contribution in [2.45, 2.75) is 125 Å². The van der Waals surface area contributed by atoms with Gasteiger partial charge in [-0.3, -0.25) is 0 Å². The highest BCUT2D eigenvalue weighted by Gasteiger charge is 2.14. The molecule has 26 rings (SSSR count). The molecule has 0 aliphatic carbocycles. The second kappa shape index (κ2) is 40.7. The van der Waals surface area contributed by atoms with Gasteiger partial charge in [-0.15, -0.1) is 11.3 Å². The molecule has 1 nitrogen and oxygen atoms in total. The summed E-state index contributed by atoms with van der Waals surface area (Å²) in [5.41, 5.74) is 25.7. The smallest absolute Gasteiger partial charge is 0.135 e. The summed E-state index contributed by atoms with van der Waals surface area (Å²) in [6.45, 7) is 38.5. The second-order valence-electron chi connectivity index (χ2n) is 38.5. The second-order valence-corrected chi connectivity index (χ2v) is 39.6. The van der Waals surface area contributed by atoms with Crippen LogP contribution in [-0.4, -0.2) is 0 Å². The number of furan rings is 1. The van der Waals surface area contributed by atoms with E-state index in [-0.39, 0.29) is 0 Å². The lowest BCUT2D eigenvalue weighted by molar-refractivity contribution is 0.668. The number of hydrogen-bond acceptors (Lipinski definition) is 2. The standard InChI is InChI=1S/2C20H16.2C16H14.C14H12O.C14H12S.3C12H12/c1-13-7-9-17-18-10-8-14(2)12-20(18)16-6-4-3-5-15(16)19(17)11-13;1-13-7-9-17-15-5-3-4-6-16(15)18-10-8-14(2)12-20(18)19(17)11-13;1-11-3-7-15-13(9-11)5-6-14-10-12(2)4-8-16(14)15;1-11-3-5-13-7-8-14-6-4-12(2)10-16(14)15(13)9-11;2*1-9-3-5-13-11(7-9)12-8-10(2)4-6-14(12)15-13;1-9-3-5-12-8-10(2)4-6-11(12)7-9;1-9-3-5-11-6-4-10(2)8-12(11)7-9;1-9-7-8-10(2)12-6-4-3-5-11(9)12/h2*3-12H,1-2H3;2*3-10H,1-2H3;2*3-8H,1-2H3;3*3-8H,1-2H3. The molecule has 0 spiro atoms. The first-order chi connectivity index (χ1) is 66.7. The molecule has 0 fully saturated rings. The summed E-state index contributed by atoms with van der Waals surface area (Å²) in [6.07, 6.45) is 0. The minimum Gasteiger partial charge on any atom is -0.456 e. The van der Waals surface area contributed by atoms with Crippen LogP contribution in [0.4, 0.5) is 0 Å². The zero-order valence-electron chi connectivity index (χ0n) is 82.9. The Labute approximate surface area is 817 Å². The minimum absolute atomic E-state index is 0.973. The topological polar surface area (TPSA) is 13.1 Å². The first-order valence-electron chi connectivity index (χ1n) is 48.3. The van der Waals surface area contributed by atoms with Gasteiger partial charge in [0.15, 0.2) is 0 Å². The van der Waals surface area contributed by atoms with E-state index in [2.05, 4.69) is 513 Å². The molecule has 0 radical (unpaired) electrons. The van der Waals surface area contributed by atoms with Crippen molar-refractivity contribution in [2.75, 3.05) is 0 Å². The van der Waals surface area contributed by atoms with Crippen LogP contribution in [0.3, 0.4) is 0 Å². The van der Waals surface area contributed by atoms with Crippen LogP contribution < -0.4 is 0 Å². The minimum atomic E-state index is 0.973. The van der Waals surface area contributed by atoms with Gasteiger partial charge in [0, 0.05) is 30.9 Å². The Kier molecular flexibility index (Phi) is 27.5. The van der Waals surface area contributed by atoms with Crippen LogP contribution >= 0.6 is 11.3 Å². The van der Waals surface area contributed by atoms with E-state index in [1.54, 1.807) is 0 Å². The normalized spacial score (nSPS) is 11.1. The van der Waals surface area contributed by atoms with Crippen molar-refractivity contribution in [1.82, 2.24) is 0 Å². The molecule has 0 aliphatic rings. The molecule has 24 aromatic carbocycles. The molecule has 0 atom stereocenters. The van der Waals surface area contributed by atoms with E-state index in [4.69, 9.17) is 4.42 Å². The predicted octanol–water partition coefficient (Wildman–Crippen LogP) is 40.0. The third-order valence-electron chi connectivity index (χ3n) is 26.8. The van der Waals surface area contributed by atoms with Gasteiger partial charge in [0.05, 0.1) is 0 Å². The zero-order chi connectivity index (χ0) is 96.1.